The van der Waals surface area contributed by atoms with E-state index in [1.807, 2.05) is 42.5 Å². The molecule has 2 aromatic rings. The molecule has 0 saturated heterocycles. The molecule has 0 fully saturated rings. The Morgan fingerprint density at radius 1 is 1.05 bits per heavy atom. The van der Waals surface area contributed by atoms with Gasteiger partial charge in [-0.1, -0.05) is 29.8 Å². The monoisotopic (exact) mass is 462 g/mol. The van der Waals surface area contributed by atoms with Crippen molar-refractivity contribution >= 4 is 52.5 Å². The third-order valence-corrected chi connectivity index (χ3v) is 5.35. The number of para-hydroxylation sites is 1. The molecule has 2 nitrogen and oxygen atoms in total. The van der Waals surface area contributed by atoms with Gasteiger partial charge < -0.3 is 9.16 Å². The van der Waals surface area contributed by atoms with Gasteiger partial charge in [0.15, 0.2) is 9.04 Å². The summed E-state index contributed by atoms with van der Waals surface area (Å²) in [6.45, 7) is 4.75. The van der Waals surface area contributed by atoms with E-state index in [1.54, 1.807) is 0 Å². The van der Waals surface area contributed by atoms with Gasteiger partial charge in [-0.05, 0) is 74.8 Å². The van der Waals surface area contributed by atoms with Crippen molar-refractivity contribution in [3.05, 3.63) is 62.0 Å². The van der Waals surface area contributed by atoms with Crippen molar-refractivity contribution in [2.45, 2.75) is 19.2 Å². The zero-order chi connectivity index (χ0) is 16.1. The lowest BCUT2D eigenvalue weighted by Crippen LogP contribution is -2.20. The largest absolute Gasteiger partial charge is 0.488 e. The molecule has 0 amide bonds. The molecule has 0 N–H and O–H groups in total. The molecule has 2 rings (SSSR count). The van der Waals surface area contributed by atoms with Crippen LogP contribution in [0.3, 0.4) is 0 Å². The number of hydrogen-bond donors (Lipinski definition) is 0. The van der Waals surface area contributed by atoms with Crippen molar-refractivity contribution in [3.63, 3.8) is 0 Å². The summed E-state index contributed by atoms with van der Waals surface area (Å²) in [5, 5.41) is 0.721. The highest BCUT2D eigenvalue weighted by atomic mass is 79.9. The minimum Gasteiger partial charge on any atom is -0.488 e. The van der Waals surface area contributed by atoms with Crippen LogP contribution in [0.15, 0.2) is 51.4 Å². The maximum Gasteiger partial charge on any atom is 0.171 e. The lowest BCUT2D eigenvalue weighted by Gasteiger charge is -2.22. The van der Waals surface area contributed by atoms with Gasteiger partial charge in [-0.25, -0.2) is 0 Å². The van der Waals surface area contributed by atoms with Crippen molar-refractivity contribution in [2.75, 3.05) is 6.61 Å². The molecule has 1 atom stereocenters. The first-order chi connectivity index (χ1) is 10.5. The predicted molar refractivity (Wildman–Crippen MR) is 101 cm³/mol. The first-order valence-corrected chi connectivity index (χ1v) is 11.7. The van der Waals surface area contributed by atoms with Gasteiger partial charge in [-0.15, -0.1) is 0 Å². The van der Waals surface area contributed by atoms with Crippen LogP contribution in [-0.2, 0) is 4.43 Å². The van der Waals surface area contributed by atoms with E-state index in [0.29, 0.717) is 6.61 Å². The predicted octanol–water partition coefficient (Wildman–Crippen LogP) is 5.99. The van der Waals surface area contributed by atoms with E-state index in [-0.39, 0.29) is 6.10 Å². The fourth-order valence-electron chi connectivity index (χ4n) is 2.00. The zero-order valence-electron chi connectivity index (χ0n) is 12.4. The van der Waals surface area contributed by atoms with Crippen LogP contribution in [0.25, 0.3) is 0 Å². The maximum atomic E-state index is 6.12. The van der Waals surface area contributed by atoms with E-state index >= 15 is 0 Å². The summed E-state index contributed by atoms with van der Waals surface area (Å²) < 4.78 is 13.9. The third kappa shape index (κ3) is 5.10. The highest BCUT2D eigenvalue weighted by molar-refractivity contribution is 9.11. The molecule has 0 aliphatic rings. The highest BCUT2D eigenvalue weighted by Crippen LogP contribution is 2.34. The molecular weight excluding hydrogens is 448 g/mol. The Morgan fingerprint density at radius 3 is 2.18 bits per heavy atom. The average Bonchev–Trinajstić information content (AvgIpc) is 2.46. The zero-order valence-corrected chi connectivity index (χ0v) is 17.4. The summed E-state index contributed by atoms with van der Waals surface area (Å²) in [6, 6.07) is 13.6. The van der Waals surface area contributed by atoms with Crippen LogP contribution in [0.2, 0.25) is 18.1 Å². The summed E-state index contributed by atoms with van der Waals surface area (Å²) >= 11 is 13.0. The Labute approximate surface area is 154 Å². The number of rotatable bonds is 6. The fourth-order valence-corrected chi connectivity index (χ4v) is 4.25. The number of benzene rings is 2. The lowest BCUT2D eigenvalue weighted by molar-refractivity contribution is 0.129. The van der Waals surface area contributed by atoms with Gasteiger partial charge in [-0.2, -0.15) is 0 Å². The molecule has 0 aliphatic carbocycles. The van der Waals surface area contributed by atoms with E-state index in [9.17, 15) is 0 Å². The molecule has 0 bridgehead atoms. The standard InChI is InChI=1S/C16H17Br2ClO2Si/c1-22(2)21-15(11-6-8-12(19)9-7-11)10-20-16-13(17)4-3-5-14(16)18/h3-9,15,22H,10H2,1-2H3. The first kappa shape index (κ1) is 18.0. The third-order valence-electron chi connectivity index (χ3n) is 2.98. The quantitative estimate of drug-likeness (QED) is 0.489. The fraction of sp³-hybridized carbons (Fsp3) is 0.250. The Balaban J connectivity index is 2.15. The minimum absolute atomic E-state index is 0.0945. The number of hydrogen-bond acceptors (Lipinski definition) is 2. The molecule has 0 radical (unpaired) electrons. The van der Waals surface area contributed by atoms with Crippen LogP contribution < -0.4 is 4.74 Å². The topological polar surface area (TPSA) is 18.5 Å². The van der Waals surface area contributed by atoms with Crippen LogP contribution in [0.1, 0.15) is 11.7 Å². The molecule has 22 heavy (non-hydrogen) atoms. The Morgan fingerprint density at radius 2 is 1.64 bits per heavy atom. The second kappa shape index (κ2) is 8.50. The Bertz CT molecular complexity index is 600. The van der Waals surface area contributed by atoms with Crippen LogP contribution >= 0.6 is 43.5 Å². The van der Waals surface area contributed by atoms with Gasteiger partial charge in [0.25, 0.3) is 0 Å². The van der Waals surface area contributed by atoms with E-state index in [4.69, 9.17) is 20.8 Å². The Kier molecular flexibility index (Phi) is 6.96. The van der Waals surface area contributed by atoms with E-state index < -0.39 is 9.04 Å². The minimum atomic E-state index is -1.20. The molecule has 0 aromatic heterocycles. The van der Waals surface area contributed by atoms with Crippen molar-refractivity contribution < 1.29 is 9.16 Å². The average molecular weight is 465 g/mol. The Hall–Kier alpha value is -0.333. The van der Waals surface area contributed by atoms with Crippen molar-refractivity contribution in [1.82, 2.24) is 0 Å². The van der Waals surface area contributed by atoms with Gasteiger partial charge in [0, 0.05) is 5.02 Å². The van der Waals surface area contributed by atoms with Crippen LogP contribution in [0.5, 0.6) is 5.75 Å². The highest BCUT2D eigenvalue weighted by Gasteiger charge is 2.17. The van der Waals surface area contributed by atoms with E-state index in [0.717, 1.165) is 25.3 Å². The maximum absolute atomic E-state index is 6.12. The second-order valence-corrected chi connectivity index (χ2v) is 9.60. The number of ether oxygens (including phenoxy) is 1. The van der Waals surface area contributed by atoms with Crippen molar-refractivity contribution in [3.8, 4) is 5.75 Å². The molecular formula is C16H17Br2ClO2Si. The molecule has 1 unspecified atom stereocenters. The van der Waals surface area contributed by atoms with Gasteiger partial charge in [0.1, 0.15) is 18.5 Å². The van der Waals surface area contributed by atoms with Gasteiger partial charge in [0.2, 0.25) is 0 Å². The van der Waals surface area contributed by atoms with Crippen molar-refractivity contribution in [2.24, 2.45) is 0 Å². The van der Waals surface area contributed by atoms with E-state index in [2.05, 4.69) is 45.0 Å². The molecule has 118 valence electrons. The molecule has 6 heteroatoms. The second-order valence-electron chi connectivity index (χ2n) is 5.09. The normalized spacial score (nSPS) is 12.5. The molecule has 2 aromatic carbocycles. The molecule has 0 heterocycles. The smallest absolute Gasteiger partial charge is 0.171 e. The molecule has 0 saturated carbocycles. The van der Waals surface area contributed by atoms with Crippen LogP contribution in [0.4, 0.5) is 0 Å². The van der Waals surface area contributed by atoms with Crippen LogP contribution in [0, 0.1) is 0 Å². The molecule has 0 aliphatic heterocycles. The van der Waals surface area contributed by atoms with Crippen LogP contribution in [-0.4, -0.2) is 15.6 Å². The van der Waals surface area contributed by atoms with Gasteiger partial charge >= 0.3 is 0 Å². The summed E-state index contributed by atoms with van der Waals surface area (Å²) in [6.07, 6.45) is -0.0945. The first-order valence-electron chi connectivity index (χ1n) is 6.95. The lowest BCUT2D eigenvalue weighted by atomic mass is 10.1. The number of halogens is 3. The van der Waals surface area contributed by atoms with Gasteiger partial charge in [0.05, 0.1) is 8.95 Å². The van der Waals surface area contributed by atoms with Gasteiger partial charge in [-0.3, -0.25) is 0 Å². The van der Waals surface area contributed by atoms with Crippen molar-refractivity contribution in [1.29, 1.82) is 0 Å². The molecule has 0 spiro atoms. The summed E-state index contributed by atoms with van der Waals surface area (Å²) in [7, 11) is -1.20. The summed E-state index contributed by atoms with van der Waals surface area (Å²) in [4.78, 5) is 0. The summed E-state index contributed by atoms with van der Waals surface area (Å²) in [5.74, 6) is 0.787. The summed E-state index contributed by atoms with van der Waals surface area (Å²) in [5.41, 5.74) is 1.08. The van der Waals surface area contributed by atoms with E-state index in [1.165, 1.54) is 0 Å². The SMILES string of the molecule is C[SiH](C)OC(COc1c(Br)cccc1Br)c1ccc(Cl)cc1.